The largest absolute Gasteiger partial charge is 0.378 e. The number of pyridine rings is 2. The highest BCUT2D eigenvalue weighted by atomic mass is 19.1. The van der Waals surface area contributed by atoms with E-state index >= 15 is 0 Å². The molecule has 5 rings (SSSR count). The Hall–Kier alpha value is -4.23. The molecule has 1 aliphatic heterocycles. The first-order valence-corrected chi connectivity index (χ1v) is 10.6. The van der Waals surface area contributed by atoms with E-state index in [-0.39, 0.29) is 16.6 Å². The van der Waals surface area contributed by atoms with Crippen LogP contribution in [0.2, 0.25) is 0 Å². The van der Waals surface area contributed by atoms with Gasteiger partial charge in [-0.2, -0.15) is 10.2 Å². The van der Waals surface area contributed by atoms with Crippen molar-refractivity contribution in [3.63, 3.8) is 0 Å². The van der Waals surface area contributed by atoms with Crippen LogP contribution in [0.5, 0.6) is 0 Å². The molecule has 3 aromatic heterocycles. The van der Waals surface area contributed by atoms with Gasteiger partial charge in [-0.1, -0.05) is 6.07 Å². The fourth-order valence-corrected chi connectivity index (χ4v) is 3.90. The predicted molar refractivity (Wildman–Crippen MR) is 123 cm³/mol. The number of hydrogen-bond donors (Lipinski definition) is 1. The molecule has 1 aliphatic rings. The van der Waals surface area contributed by atoms with Crippen LogP contribution in [0.4, 0.5) is 26.2 Å². The lowest BCUT2D eigenvalue weighted by Crippen LogP contribution is -2.37. The molecule has 0 aliphatic carbocycles. The number of fused-ring (bicyclic) bond motifs is 1. The molecular formula is C24H19F2N7O. The van der Waals surface area contributed by atoms with E-state index in [1.807, 2.05) is 17.0 Å². The zero-order valence-corrected chi connectivity index (χ0v) is 18.2. The van der Waals surface area contributed by atoms with Crippen LogP contribution in [-0.2, 0) is 4.74 Å². The number of rotatable bonds is 4. The molecule has 170 valence electrons. The summed E-state index contributed by atoms with van der Waals surface area (Å²) < 4.78 is 34.4. The first-order chi connectivity index (χ1) is 16.5. The van der Waals surface area contributed by atoms with Gasteiger partial charge in [-0.15, -0.1) is 0 Å². The average Bonchev–Trinajstić information content (AvgIpc) is 2.86. The number of benzene rings is 1. The van der Waals surface area contributed by atoms with Crippen LogP contribution in [0.3, 0.4) is 0 Å². The van der Waals surface area contributed by atoms with E-state index in [0.717, 1.165) is 6.07 Å². The first kappa shape index (κ1) is 21.6. The molecule has 1 saturated heterocycles. The molecule has 0 saturated carbocycles. The molecule has 0 bridgehead atoms. The Morgan fingerprint density at radius 2 is 1.91 bits per heavy atom. The summed E-state index contributed by atoms with van der Waals surface area (Å²) in [4.78, 5) is 19.6. The Bertz CT molecular complexity index is 1420. The fraction of sp³-hybridized carbons (Fsp3) is 0.208. The minimum absolute atomic E-state index is 0.114. The molecular weight excluding hydrogens is 440 g/mol. The van der Waals surface area contributed by atoms with Crippen molar-refractivity contribution in [1.29, 1.82) is 5.26 Å². The highest BCUT2D eigenvalue weighted by Gasteiger charge is 2.20. The summed E-state index contributed by atoms with van der Waals surface area (Å²) in [5.41, 5.74) is 2.29. The van der Waals surface area contributed by atoms with Crippen molar-refractivity contribution in [2.45, 2.75) is 6.92 Å². The maximum absolute atomic E-state index is 15.0. The summed E-state index contributed by atoms with van der Waals surface area (Å²) in [6.45, 7) is 4.01. The van der Waals surface area contributed by atoms with E-state index in [2.05, 4.69) is 25.3 Å². The number of nitriles is 1. The standard InChI is InChI=1S/C24H19F2N7O/c1-14-22(18-4-2-3-5-28-18)30-19-11-15(25)10-17(26)21(19)23(14)31-20-12-16(13-27)29-24(32-20)33-6-8-34-9-7-33/h2-5,10-12H,6-9H2,1H3,(H,29,30,31,32). The topological polar surface area (TPSA) is 99.9 Å². The van der Waals surface area contributed by atoms with E-state index in [0.29, 0.717) is 60.7 Å². The summed E-state index contributed by atoms with van der Waals surface area (Å²) in [5, 5.41) is 12.8. The zero-order chi connectivity index (χ0) is 23.7. The number of morpholine rings is 1. The van der Waals surface area contributed by atoms with Gasteiger partial charge in [0.1, 0.15) is 29.2 Å². The Morgan fingerprint density at radius 3 is 2.65 bits per heavy atom. The number of nitrogens with one attached hydrogen (secondary N) is 1. The lowest BCUT2D eigenvalue weighted by Gasteiger charge is -2.27. The van der Waals surface area contributed by atoms with Gasteiger partial charge in [0.05, 0.1) is 41.2 Å². The van der Waals surface area contributed by atoms with Crippen molar-refractivity contribution >= 4 is 28.4 Å². The Labute approximate surface area is 193 Å². The maximum Gasteiger partial charge on any atom is 0.228 e. The highest BCUT2D eigenvalue weighted by Crippen LogP contribution is 2.36. The van der Waals surface area contributed by atoms with Gasteiger partial charge < -0.3 is 15.0 Å². The lowest BCUT2D eigenvalue weighted by atomic mass is 10.0. The molecule has 4 heterocycles. The highest BCUT2D eigenvalue weighted by molar-refractivity contribution is 5.98. The minimum Gasteiger partial charge on any atom is -0.378 e. The van der Waals surface area contributed by atoms with E-state index < -0.39 is 11.6 Å². The number of hydrogen-bond acceptors (Lipinski definition) is 8. The summed E-state index contributed by atoms with van der Waals surface area (Å²) >= 11 is 0. The fourth-order valence-electron chi connectivity index (χ4n) is 3.90. The van der Waals surface area contributed by atoms with Crippen LogP contribution in [0.1, 0.15) is 11.3 Å². The summed E-state index contributed by atoms with van der Waals surface area (Å²) in [6.07, 6.45) is 1.62. The van der Waals surface area contributed by atoms with Gasteiger partial charge in [0.25, 0.3) is 0 Å². The van der Waals surface area contributed by atoms with Crippen molar-refractivity contribution in [2.75, 3.05) is 36.5 Å². The monoisotopic (exact) mass is 459 g/mol. The Balaban J connectivity index is 1.68. The average molecular weight is 459 g/mol. The van der Waals surface area contributed by atoms with Crippen LogP contribution < -0.4 is 10.2 Å². The van der Waals surface area contributed by atoms with Crippen molar-refractivity contribution in [3.8, 4) is 17.5 Å². The molecule has 0 spiro atoms. The summed E-state index contributed by atoms with van der Waals surface area (Å²) in [5.74, 6) is -0.817. The lowest BCUT2D eigenvalue weighted by molar-refractivity contribution is 0.122. The van der Waals surface area contributed by atoms with Crippen molar-refractivity contribution in [2.24, 2.45) is 0 Å². The summed E-state index contributed by atoms with van der Waals surface area (Å²) in [6, 6.07) is 10.9. The number of anilines is 3. The Morgan fingerprint density at radius 1 is 1.09 bits per heavy atom. The second-order valence-corrected chi connectivity index (χ2v) is 7.73. The molecule has 0 amide bonds. The van der Waals surface area contributed by atoms with Gasteiger partial charge in [0, 0.05) is 43.0 Å². The third-order valence-electron chi connectivity index (χ3n) is 5.53. The molecule has 10 heteroatoms. The van der Waals surface area contributed by atoms with Crippen LogP contribution in [0.25, 0.3) is 22.3 Å². The van der Waals surface area contributed by atoms with E-state index in [1.54, 1.807) is 25.3 Å². The molecule has 1 fully saturated rings. The number of nitrogens with zero attached hydrogens (tertiary/aromatic N) is 6. The minimum atomic E-state index is -0.761. The van der Waals surface area contributed by atoms with Crippen molar-refractivity contribution in [3.05, 3.63) is 65.5 Å². The second kappa shape index (κ2) is 8.96. The first-order valence-electron chi connectivity index (χ1n) is 10.6. The predicted octanol–water partition coefficient (Wildman–Crippen LogP) is 4.13. The second-order valence-electron chi connectivity index (χ2n) is 7.73. The molecule has 0 radical (unpaired) electrons. The molecule has 0 unspecified atom stereocenters. The molecule has 34 heavy (non-hydrogen) atoms. The van der Waals surface area contributed by atoms with Gasteiger partial charge in [0.2, 0.25) is 5.95 Å². The van der Waals surface area contributed by atoms with Crippen LogP contribution >= 0.6 is 0 Å². The van der Waals surface area contributed by atoms with Gasteiger partial charge in [-0.05, 0) is 19.1 Å². The van der Waals surface area contributed by atoms with Crippen molar-refractivity contribution in [1.82, 2.24) is 19.9 Å². The number of aromatic nitrogens is 4. The van der Waals surface area contributed by atoms with Gasteiger partial charge in [-0.3, -0.25) is 4.98 Å². The van der Waals surface area contributed by atoms with Crippen LogP contribution in [0.15, 0.2) is 42.6 Å². The SMILES string of the molecule is Cc1c(-c2ccccn2)nc2cc(F)cc(F)c2c1Nc1cc(C#N)nc(N2CCOCC2)n1. The number of ether oxygens (including phenoxy) is 1. The third-order valence-corrected chi connectivity index (χ3v) is 5.53. The number of halogens is 2. The van der Waals surface area contributed by atoms with Crippen molar-refractivity contribution < 1.29 is 13.5 Å². The van der Waals surface area contributed by atoms with Gasteiger partial charge in [0.15, 0.2) is 0 Å². The van der Waals surface area contributed by atoms with Gasteiger partial charge in [-0.25, -0.2) is 18.7 Å². The van der Waals surface area contributed by atoms with Gasteiger partial charge >= 0.3 is 0 Å². The summed E-state index contributed by atoms with van der Waals surface area (Å²) in [7, 11) is 0. The van der Waals surface area contributed by atoms with Crippen LogP contribution in [0, 0.1) is 29.9 Å². The molecule has 0 atom stereocenters. The Kier molecular flexibility index (Phi) is 5.69. The van der Waals surface area contributed by atoms with E-state index in [9.17, 15) is 14.0 Å². The maximum atomic E-state index is 15.0. The quantitative estimate of drug-likeness (QED) is 0.486. The zero-order valence-electron chi connectivity index (χ0n) is 18.2. The molecule has 8 nitrogen and oxygen atoms in total. The third kappa shape index (κ3) is 4.09. The van der Waals surface area contributed by atoms with Crippen LogP contribution in [-0.4, -0.2) is 46.2 Å². The van der Waals surface area contributed by atoms with E-state index in [1.165, 1.54) is 12.1 Å². The molecule has 1 N–H and O–H groups in total. The molecule has 4 aromatic rings. The van der Waals surface area contributed by atoms with E-state index in [4.69, 9.17) is 4.74 Å². The molecule has 1 aromatic carbocycles. The normalized spacial score (nSPS) is 13.6. The smallest absolute Gasteiger partial charge is 0.228 e.